The number of morpholine rings is 1. The first-order valence-electron chi connectivity index (χ1n) is 7.94. The highest BCUT2D eigenvalue weighted by Gasteiger charge is 2.11. The quantitative estimate of drug-likeness (QED) is 0.877. The number of rotatable bonds is 4. The van der Waals surface area contributed by atoms with Gasteiger partial charge in [-0.25, -0.2) is 4.79 Å². The zero-order chi connectivity index (χ0) is 16.9. The van der Waals surface area contributed by atoms with Crippen molar-refractivity contribution in [3.63, 3.8) is 0 Å². The summed E-state index contributed by atoms with van der Waals surface area (Å²) in [4.78, 5) is 17.9. The number of nitrogens with zero attached hydrogens (tertiary/aromatic N) is 2. The molecular formula is C19H20N2O3. The second kappa shape index (κ2) is 7.27. The second-order valence-electron chi connectivity index (χ2n) is 5.77. The summed E-state index contributed by atoms with van der Waals surface area (Å²) in [6.45, 7) is 5.24. The fraction of sp³-hybridized carbons (Fsp3) is 0.263. The van der Waals surface area contributed by atoms with Crippen molar-refractivity contribution in [3.8, 4) is 0 Å². The lowest BCUT2D eigenvalue weighted by molar-refractivity contribution is 0.0698. The van der Waals surface area contributed by atoms with Crippen molar-refractivity contribution in [1.29, 1.82) is 0 Å². The molecule has 0 bridgehead atoms. The summed E-state index contributed by atoms with van der Waals surface area (Å²) in [6.07, 6.45) is 1.70. The van der Waals surface area contributed by atoms with Gasteiger partial charge in [-0.2, -0.15) is 0 Å². The first-order valence-corrected chi connectivity index (χ1v) is 7.94. The summed E-state index contributed by atoms with van der Waals surface area (Å²) < 4.78 is 5.36. The number of carboxylic acid groups (broad SMARTS) is 1. The maximum absolute atomic E-state index is 11.3. The van der Waals surface area contributed by atoms with E-state index in [1.165, 1.54) is 0 Å². The average molecular weight is 324 g/mol. The fourth-order valence-electron chi connectivity index (χ4n) is 2.67. The first-order chi connectivity index (χ1) is 11.6. The Labute approximate surface area is 141 Å². The van der Waals surface area contributed by atoms with Crippen molar-refractivity contribution in [2.75, 3.05) is 31.2 Å². The molecule has 2 aromatic rings. The highest BCUT2D eigenvalue weighted by Crippen LogP contribution is 2.21. The molecule has 124 valence electrons. The smallest absolute Gasteiger partial charge is 0.337 e. The molecule has 3 rings (SSSR count). The number of hydrogen-bond donors (Lipinski definition) is 1. The number of carbonyl (C=O) groups is 1. The Kier molecular flexibility index (Phi) is 4.91. The molecule has 0 aromatic heterocycles. The van der Waals surface area contributed by atoms with Gasteiger partial charge < -0.3 is 14.7 Å². The van der Waals surface area contributed by atoms with E-state index in [1.54, 1.807) is 24.4 Å². The number of carboxylic acids is 1. The normalized spacial score (nSPS) is 15.0. The van der Waals surface area contributed by atoms with Crippen molar-refractivity contribution < 1.29 is 14.6 Å². The number of anilines is 1. The van der Waals surface area contributed by atoms with Crippen LogP contribution in [0, 0.1) is 6.92 Å². The molecule has 1 aliphatic rings. The SMILES string of the molecule is Cc1ccc(C(=O)O)c(N=Cc2ccc(N3CCOCC3)cc2)c1. The van der Waals surface area contributed by atoms with E-state index in [0.29, 0.717) is 5.69 Å². The van der Waals surface area contributed by atoms with Crippen LogP contribution in [0.15, 0.2) is 47.5 Å². The van der Waals surface area contributed by atoms with Crippen LogP contribution in [-0.2, 0) is 4.74 Å². The summed E-state index contributed by atoms with van der Waals surface area (Å²) in [7, 11) is 0. The van der Waals surface area contributed by atoms with Crippen LogP contribution in [0.25, 0.3) is 0 Å². The maximum atomic E-state index is 11.3. The molecule has 5 nitrogen and oxygen atoms in total. The average Bonchev–Trinajstić information content (AvgIpc) is 2.61. The van der Waals surface area contributed by atoms with Crippen molar-refractivity contribution in [3.05, 3.63) is 59.2 Å². The number of hydrogen-bond acceptors (Lipinski definition) is 4. The van der Waals surface area contributed by atoms with Gasteiger partial charge in [-0.1, -0.05) is 18.2 Å². The predicted octanol–water partition coefficient (Wildman–Crippen LogP) is 3.28. The van der Waals surface area contributed by atoms with Gasteiger partial charge in [-0.3, -0.25) is 4.99 Å². The molecule has 1 aliphatic heterocycles. The molecule has 0 atom stereocenters. The molecule has 2 aromatic carbocycles. The molecule has 0 saturated carbocycles. The second-order valence-corrected chi connectivity index (χ2v) is 5.77. The maximum Gasteiger partial charge on any atom is 0.337 e. The molecule has 5 heteroatoms. The number of ether oxygens (including phenoxy) is 1. The van der Waals surface area contributed by atoms with Crippen LogP contribution in [0.4, 0.5) is 11.4 Å². The van der Waals surface area contributed by atoms with E-state index >= 15 is 0 Å². The predicted molar refractivity (Wildman–Crippen MR) is 94.9 cm³/mol. The Bertz CT molecular complexity index is 748. The van der Waals surface area contributed by atoms with Crippen LogP contribution in [0.1, 0.15) is 21.5 Å². The Hall–Kier alpha value is -2.66. The summed E-state index contributed by atoms with van der Waals surface area (Å²) >= 11 is 0. The minimum absolute atomic E-state index is 0.210. The Morgan fingerprint density at radius 1 is 1.17 bits per heavy atom. The van der Waals surface area contributed by atoms with Crippen LogP contribution in [-0.4, -0.2) is 43.6 Å². The number of aliphatic imine (C=N–C) groups is 1. The third-order valence-electron chi connectivity index (χ3n) is 4.01. The summed E-state index contributed by atoms with van der Waals surface area (Å²) in [6, 6.07) is 13.2. The molecule has 0 unspecified atom stereocenters. The van der Waals surface area contributed by atoms with E-state index in [9.17, 15) is 9.90 Å². The Balaban J connectivity index is 1.77. The molecule has 1 heterocycles. The van der Waals surface area contributed by atoms with E-state index < -0.39 is 5.97 Å². The minimum Gasteiger partial charge on any atom is -0.478 e. The van der Waals surface area contributed by atoms with Gasteiger partial charge in [0, 0.05) is 25.0 Å². The number of aromatic carboxylic acids is 1. The van der Waals surface area contributed by atoms with Gasteiger partial charge in [0.05, 0.1) is 24.5 Å². The molecule has 1 N–H and O–H groups in total. The van der Waals surface area contributed by atoms with Crippen LogP contribution in [0.3, 0.4) is 0 Å². The summed E-state index contributed by atoms with van der Waals surface area (Å²) in [5.41, 5.74) is 3.76. The van der Waals surface area contributed by atoms with Gasteiger partial charge >= 0.3 is 5.97 Å². The van der Waals surface area contributed by atoms with Crippen molar-refractivity contribution in [1.82, 2.24) is 0 Å². The fourth-order valence-corrected chi connectivity index (χ4v) is 2.67. The largest absolute Gasteiger partial charge is 0.478 e. The van der Waals surface area contributed by atoms with Crippen LogP contribution < -0.4 is 4.90 Å². The third-order valence-corrected chi connectivity index (χ3v) is 4.01. The Morgan fingerprint density at radius 3 is 2.54 bits per heavy atom. The van der Waals surface area contributed by atoms with Gasteiger partial charge in [0.1, 0.15) is 0 Å². The molecular weight excluding hydrogens is 304 g/mol. The zero-order valence-electron chi connectivity index (χ0n) is 13.6. The lowest BCUT2D eigenvalue weighted by Crippen LogP contribution is -2.36. The number of aryl methyl sites for hydroxylation is 1. The standard InChI is InChI=1S/C19H20N2O3/c1-14-2-7-17(19(22)23)18(12-14)20-13-15-3-5-16(6-4-15)21-8-10-24-11-9-21/h2-7,12-13H,8-11H2,1H3,(H,22,23). The van der Waals surface area contributed by atoms with Crippen LogP contribution >= 0.6 is 0 Å². The highest BCUT2D eigenvalue weighted by molar-refractivity contribution is 5.95. The molecule has 0 spiro atoms. The molecule has 0 aliphatic carbocycles. The van der Waals surface area contributed by atoms with Crippen molar-refractivity contribution in [2.24, 2.45) is 4.99 Å². The van der Waals surface area contributed by atoms with E-state index in [0.717, 1.165) is 43.1 Å². The monoisotopic (exact) mass is 324 g/mol. The summed E-state index contributed by atoms with van der Waals surface area (Å²) in [5.74, 6) is -0.968. The molecule has 1 saturated heterocycles. The van der Waals surface area contributed by atoms with Gasteiger partial charge in [0.15, 0.2) is 0 Å². The first kappa shape index (κ1) is 16.2. The highest BCUT2D eigenvalue weighted by atomic mass is 16.5. The lowest BCUT2D eigenvalue weighted by Gasteiger charge is -2.28. The van der Waals surface area contributed by atoms with Crippen LogP contribution in [0.5, 0.6) is 0 Å². The molecule has 24 heavy (non-hydrogen) atoms. The van der Waals surface area contributed by atoms with Gasteiger partial charge in [0.25, 0.3) is 0 Å². The molecule has 0 amide bonds. The van der Waals surface area contributed by atoms with E-state index in [2.05, 4.69) is 22.0 Å². The van der Waals surface area contributed by atoms with E-state index in [4.69, 9.17) is 4.74 Å². The minimum atomic E-state index is -0.968. The summed E-state index contributed by atoms with van der Waals surface area (Å²) in [5, 5.41) is 9.24. The lowest BCUT2D eigenvalue weighted by atomic mass is 10.1. The molecule has 0 radical (unpaired) electrons. The third kappa shape index (κ3) is 3.81. The van der Waals surface area contributed by atoms with Crippen LogP contribution in [0.2, 0.25) is 0 Å². The zero-order valence-corrected chi connectivity index (χ0v) is 13.6. The topological polar surface area (TPSA) is 62.1 Å². The van der Waals surface area contributed by atoms with E-state index in [1.807, 2.05) is 19.1 Å². The Morgan fingerprint density at radius 2 is 1.88 bits per heavy atom. The van der Waals surface area contributed by atoms with Crippen molar-refractivity contribution in [2.45, 2.75) is 6.92 Å². The van der Waals surface area contributed by atoms with Crippen molar-refractivity contribution >= 4 is 23.6 Å². The van der Waals surface area contributed by atoms with Gasteiger partial charge in [-0.15, -0.1) is 0 Å². The van der Waals surface area contributed by atoms with E-state index in [-0.39, 0.29) is 5.56 Å². The van der Waals surface area contributed by atoms with Gasteiger partial charge in [-0.05, 0) is 42.3 Å². The molecule has 1 fully saturated rings. The van der Waals surface area contributed by atoms with Gasteiger partial charge in [0.2, 0.25) is 0 Å². The number of benzene rings is 2.